The van der Waals surface area contributed by atoms with E-state index >= 15 is 0 Å². The molecule has 4 unspecified atom stereocenters. The van der Waals surface area contributed by atoms with Crippen LogP contribution in [0, 0.1) is 11.8 Å². The minimum atomic E-state index is -1.22. The van der Waals surface area contributed by atoms with Gasteiger partial charge >= 0.3 is 141 Å². The van der Waals surface area contributed by atoms with Crippen LogP contribution in [-0.4, -0.2) is 3.81 Å². The molecule has 0 heterocycles. The molecule has 0 spiro atoms. The fourth-order valence-corrected chi connectivity index (χ4v) is 12.0. The van der Waals surface area contributed by atoms with E-state index in [1.54, 1.807) is 0 Å². The number of hydrogen-bond donors (Lipinski definition) is 0. The first-order chi connectivity index (χ1) is 10.8. The van der Waals surface area contributed by atoms with E-state index in [0.717, 1.165) is 20.3 Å². The van der Waals surface area contributed by atoms with Crippen LogP contribution in [-0.2, 0) is 17.4 Å². The third kappa shape index (κ3) is 2.53. The van der Waals surface area contributed by atoms with E-state index in [0.29, 0.717) is 0 Å². The van der Waals surface area contributed by atoms with Crippen LogP contribution in [0.3, 0.4) is 0 Å². The molecule has 1 heteroatoms. The minimum absolute atomic E-state index is 0.897. The molecule has 22 heavy (non-hydrogen) atoms. The Morgan fingerprint density at radius 1 is 0.818 bits per heavy atom. The first-order valence-electron chi connectivity index (χ1n) is 9.16. The van der Waals surface area contributed by atoms with Gasteiger partial charge in [0, 0.05) is 0 Å². The summed E-state index contributed by atoms with van der Waals surface area (Å²) < 4.78 is 3.80. The molecule has 4 aliphatic rings. The van der Waals surface area contributed by atoms with Gasteiger partial charge in [0.05, 0.1) is 0 Å². The van der Waals surface area contributed by atoms with E-state index in [4.69, 9.17) is 0 Å². The maximum absolute atomic E-state index is 2.50. The zero-order chi connectivity index (χ0) is 15.1. The molecular weight excluding hydrogens is 300 g/mol. The number of rotatable bonds is 2. The fraction of sp³-hybridized carbons (Fsp3) is 0.571. The average Bonchev–Trinajstić information content (AvgIpc) is 3.13. The molecule has 0 saturated heterocycles. The molecule has 0 nitrogen and oxygen atoms in total. The Morgan fingerprint density at radius 3 is 1.77 bits per heavy atom. The zero-order valence-electron chi connectivity index (χ0n) is 14.0. The topological polar surface area (TPSA) is 0 Å². The normalized spacial score (nSPS) is 35.7. The van der Waals surface area contributed by atoms with Crippen LogP contribution in [0.15, 0.2) is 47.6 Å². The van der Waals surface area contributed by atoms with Gasteiger partial charge in [-0.3, -0.25) is 0 Å². The summed E-state index contributed by atoms with van der Waals surface area (Å²) in [5.41, 5.74) is 3.71. The van der Waals surface area contributed by atoms with Crippen LogP contribution in [0.1, 0.15) is 52.4 Å². The molecular formula is C21H28Ti. The Balaban J connectivity index is 1.70. The first kappa shape index (κ1) is 15.1. The second kappa shape index (κ2) is 6.21. The summed E-state index contributed by atoms with van der Waals surface area (Å²) in [6.07, 6.45) is 23.0. The van der Waals surface area contributed by atoms with Crippen molar-refractivity contribution in [1.82, 2.24) is 0 Å². The Bertz CT molecular complexity index is 562. The Kier molecular flexibility index (Phi) is 4.26. The molecule has 0 aromatic rings. The second-order valence-corrected chi connectivity index (χ2v) is 12.9. The molecule has 2 saturated carbocycles. The third-order valence-corrected chi connectivity index (χ3v) is 12.5. The Hall–Kier alpha value is -0.456. The van der Waals surface area contributed by atoms with Crippen molar-refractivity contribution >= 4 is 3.81 Å². The summed E-state index contributed by atoms with van der Waals surface area (Å²) in [5, 5.41) is 0. The van der Waals surface area contributed by atoms with Crippen LogP contribution < -0.4 is 0 Å². The van der Waals surface area contributed by atoms with Crippen molar-refractivity contribution in [3.8, 4) is 0 Å². The van der Waals surface area contributed by atoms with Gasteiger partial charge < -0.3 is 0 Å². The molecule has 0 bridgehead atoms. The van der Waals surface area contributed by atoms with E-state index in [-0.39, 0.29) is 0 Å². The van der Waals surface area contributed by atoms with Crippen molar-refractivity contribution in [2.75, 3.05) is 0 Å². The molecule has 4 aliphatic carbocycles. The van der Waals surface area contributed by atoms with Crippen molar-refractivity contribution < 1.29 is 17.4 Å². The van der Waals surface area contributed by atoms with E-state index in [1.807, 2.05) is 15.0 Å². The SMILES string of the molecule is C[C](C)=[Ti]([CH]1CCC2CC=CC=C21)[CH]1CCC2CC=CC=C21. The first-order valence-corrected chi connectivity index (χ1v) is 11.7. The summed E-state index contributed by atoms with van der Waals surface area (Å²) in [5.74, 6) is 1.79. The van der Waals surface area contributed by atoms with Gasteiger partial charge in [0.1, 0.15) is 0 Å². The molecule has 0 aliphatic heterocycles. The van der Waals surface area contributed by atoms with Crippen molar-refractivity contribution in [1.29, 1.82) is 0 Å². The van der Waals surface area contributed by atoms with Gasteiger partial charge in [-0.25, -0.2) is 0 Å². The van der Waals surface area contributed by atoms with Gasteiger partial charge in [-0.15, -0.1) is 0 Å². The van der Waals surface area contributed by atoms with Crippen molar-refractivity contribution in [2.24, 2.45) is 11.8 Å². The molecule has 116 valence electrons. The van der Waals surface area contributed by atoms with Crippen LogP contribution >= 0.6 is 0 Å². The molecule has 0 N–H and O–H groups in total. The third-order valence-electron chi connectivity index (χ3n) is 6.37. The Morgan fingerprint density at radius 2 is 1.32 bits per heavy atom. The summed E-state index contributed by atoms with van der Waals surface area (Å²) in [6.45, 7) is 4.93. The van der Waals surface area contributed by atoms with Gasteiger partial charge in [0.25, 0.3) is 0 Å². The number of allylic oxidation sites excluding steroid dienone is 8. The zero-order valence-corrected chi connectivity index (χ0v) is 15.6. The quantitative estimate of drug-likeness (QED) is 0.546. The molecule has 0 radical (unpaired) electrons. The number of hydrogen-bond acceptors (Lipinski definition) is 0. The molecule has 4 atom stereocenters. The van der Waals surface area contributed by atoms with E-state index in [2.05, 4.69) is 50.3 Å². The van der Waals surface area contributed by atoms with Gasteiger partial charge in [0.2, 0.25) is 0 Å². The van der Waals surface area contributed by atoms with Crippen LogP contribution in [0.25, 0.3) is 0 Å². The van der Waals surface area contributed by atoms with Gasteiger partial charge in [-0.2, -0.15) is 0 Å². The van der Waals surface area contributed by atoms with Crippen molar-refractivity contribution in [3.63, 3.8) is 0 Å². The molecule has 0 aromatic carbocycles. The summed E-state index contributed by atoms with van der Waals surface area (Å²) in [7, 11) is 0. The van der Waals surface area contributed by atoms with E-state index < -0.39 is 17.4 Å². The average molecular weight is 328 g/mol. The Labute approximate surface area is 141 Å². The summed E-state index contributed by atoms with van der Waals surface area (Å²) in [6, 6.07) is 0. The second-order valence-electron chi connectivity index (χ2n) is 7.77. The van der Waals surface area contributed by atoms with E-state index in [9.17, 15) is 0 Å². The number of fused-ring (bicyclic) bond motifs is 2. The summed E-state index contributed by atoms with van der Waals surface area (Å²) >= 11 is -1.22. The standard InChI is InChI=1S/2C9H11.C3H6.Ti/c2*1-2-5-9-7-3-6-8(9)4-1;1-3-2;/h2*1-2,4,6,9H,3,5,7H2;1-2H3;. The summed E-state index contributed by atoms with van der Waals surface area (Å²) in [4.78, 5) is 0. The molecule has 2 fully saturated rings. The monoisotopic (exact) mass is 328 g/mol. The van der Waals surface area contributed by atoms with E-state index in [1.165, 1.54) is 38.5 Å². The predicted molar refractivity (Wildman–Crippen MR) is 93.0 cm³/mol. The van der Waals surface area contributed by atoms with Gasteiger partial charge in [0.15, 0.2) is 0 Å². The van der Waals surface area contributed by atoms with Gasteiger partial charge in [-0.1, -0.05) is 0 Å². The fourth-order valence-electron chi connectivity index (χ4n) is 5.44. The molecule has 0 amide bonds. The van der Waals surface area contributed by atoms with Crippen LogP contribution in [0.5, 0.6) is 0 Å². The molecule has 0 aromatic heterocycles. The maximum atomic E-state index is 2.50. The van der Waals surface area contributed by atoms with Gasteiger partial charge in [-0.05, 0) is 0 Å². The molecule has 4 rings (SSSR count). The predicted octanol–water partition coefficient (Wildman–Crippen LogP) is 5.99. The van der Waals surface area contributed by atoms with Crippen LogP contribution in [0.4, 0.5) is 0 Å². The van der Waals surface area contributed by atoms with Crippen LogP contribution in [0.2, 0.25) is 8.45 Å². The van der Waals surface area contributed by atoms with Crippen molar-refractivity contribution in [3.05, 3.63) is 47.6 Å². The van der Waals surface area contributed by atoms with Crippen molar-refractivity contribution in [2.45, 2.75) is 60.8 Å².